The number of aryl methyl sites for hydroxylation is 1. The van der Waals surface area contributed by atoms with Gasteiger partial charge >= 0.3 is 0 Å². The summed E-state index contributed by atoms with van der Waals surface area (Å²) in [5, 5.41) is 8.50. The second-order valence-electron chi connectivity index (χ2n) is 13.6. The second-order valence-corrected chi connectivity index (χ2v) is 14.7. The predicted molar refractivity (Wildman–Crippen MR) is 225 cm³/mol. The molecular weight excluding hydrogens is 665 g/mol. The molecule has 53 heavy (non-hydrogen) atoms. The molecule has 0 spiro atoms. The highest BCUT2D eigenvalue weighted by atomic mass is 32.1. The fraction of sp³-hybridized carbons (Fsp3) is 0.0208. The van der Waals surface area contributed by atoms with Gasteiger partial charge in [-0.05, 0) is 85.3 Å². The molecule has 11 aromatic rings. The van der Waals surface area contributed by atoms with Crippen molar-refractivity contribution < 1.29 is 0 Å². The smallest absolute Gasteiger partial charge is 0.0825 e. The van der Waals surface area contributed by atoms with Gasteiger partial charge in [-0.25, -0.2) is 0 Å². The number of terminal acetylenes is 1. The van der Waals surface area contributed by atoms with Crippen LogP contribution in [-0.2, 0) is 0 Å². The quantitative estimate of drug-likeness (QED) is 0.169. The summed E-state index contributed by atoms with van der Waals surface area (Å²) in [5.41, 5.74) is 11.5. The number of allylic oxidation sites excluding steroid dienone is 1. The topological polar surface area (TPSA) is 27.7 Å². The van der Waals surface area contributed by atoms with E-state index >= 15 is 0 Å². The minimum atomic E-state index is 1.08. The molecule has 0 saturated carbocycles. The van der Waals surface area contributed by atoms with E-state index in [0.717, 1.165) is 44.7 Å². The van der Waals surface area contributed by atoms with E-state index in [1.165, 1.54) is 58.3 Å². The van der Waals surface area contributed by atoms with Crippen LogP contribution >= 0.6 is 11.3 Å². The first kappa shape index (κ1) is 29.8. The Morgan fingerprint density at radius 1 is 0.547 bits per heavy atom. The van der Waals surface area contributed by atoms with Gasteiger partial charge in [0.1, 0.15) is 0 Å². The maximum atomic E-state index is 5.68. The second kappa shape index (κ2) is 11.3. The van der Waals surface area contributed by atoms with Gasteiger partial charge in [0.15, 0.2) is 0 Å². The van der Waals surface area contributed by atoms with Crippen LogP contribution in [0.4, 0.5) is 0 Å². The van der Waals surface area contributed by atoms with E-state index in [1.807, 2.05) is 29.8 Å². The maximum absolute atomic E-state index is 5.68. The number of nitrogens with zero attached hydrogens (tertiary/aromatic N) is 4. The lowest BCUT2D eigenvalue weighted by molar-refractivity contribution is 1.10. The average molecular weight is 695 g/mol. The van der Waals surface area contributed by atoms with Crippen LogP contribution in [0.2, 0.25) is 0 Å². The van der Waals surface area contributed by atoms with E-state index in [4.69, 9.17) is 11.4 Å². The van der Waals surface area contributed by atoms with Gasteiger partial charge in [-0.1, -0.05) is 78.7 Å². The van der Waals surface area contributed by atoms with E-state index in [-0.39, 0.29) is 0 Å². The van der Waals surface area contributed by atoms with E-state index in [9.17, 15) is 0 Å². The Balaban J connectivity index is 1.13. The van der Waals surface area contributed by atoms with Crippen molar-refractivity contribution in [3.8, 4) is 29.4 Å². The molecule has 0 saturated heterocycles. The van der Waals surface area contributed by atoms with Crippen LogP contribution in [0, 0.1) is 19.3 Å². The molecule has 6 aromatic carbocycles. The fourth-order valence-corrected chi connectivity index (χ4v) is 9.70. The van der Waals surface area contributed by atoms with Crippen LogP contribution in [0.15, 0.2) is 152 Å². The van der Waals surface area contributed by atoms with Crippen molar-refractivity contribution in [1.82, 2.24) is 18.7 Å². The highest BCUT2D eigenvalue weighted by Crippen LogP contribution is 2.42. The van der Waals surface area contributed by atoms with Gasteiger partial charge in [0.25, 0.3) is 0 Å². The molecule has 0 fully saturated rings. The number of para-hydroxylation sites is 4. The van der Waals surface area contributed by atoms with Gasteiger partial charge < -0.3 is 13.7 Å². The van der Waals surface area contributed by atoms with Crippen LogP contribution in [0.1, 0.15) is 11.3 Å². The number of benzene rings is 6. The number of pyridine rings is 1. The Morgan fingerprint density at radius 2 is 1.09 bits per heavy atom. The lowest BCUT2D eigenvalue weighted by Gasteiger charge is -2.11. The molecular formula is C48H30N4S. The van der Waals surface area contributed by atoms with Gasteiger partial charge in [-0.2, -0.15) is 0 Å². The van der Waals surface area contributed by atoms with Gasteiger partial charge in [0.05, 0.1) is 49.9 Å². The zero-order valence-corrected chi connectivity index (χ0v) is 29.6. The number of rotatable bonds is 4. The third kappa shape index (κ3) is 4.21. The van der Waals surface area contributed by atoms with E-state index in [1.54, 1.807) is 6.08 Å². The first-order chi connectivity index (χ1) is 26.2. The molecule has 4 nitrogen and oxygen atoms in total. The number of hydrogen-bond donors (Lipinski definition) is 0. The molecule has 5 heteroatoms. The third-order valence-corrected chi connectivity index (χ3v) is 12.1. The summed E-state index contributed by atoms with van der Waals surface area (Å²) in [6, 6.07) is 48.3. The van der Waals surface area contributed by atoms with Crippen molar-refractivity contribution in [2.45, 2.75) is 6.92 Å². The molecule has 0 atom stereocenters. The van der Waals surface area contributed by atoms with Crippen molar-refractivity contribution in [3.05, 3.63) is 163 Å². The molecule has 0 aliphatic carbocycles. The molecule has 5 heterocycles. The van der Waals surface area contributed by atoms with Crippen LogP contribution in [0.5, 0.6) is 0 Å². The molecule has 0 bridgehead atoms. The van der Waals surface area contributed by atoms with Crippen molar-refractivity contribution in [3.63, 3.8) is 0 Å². The summed E-state index contributed by atoms with van der Waals surface area (Å²) in [7, 11) is 0. The van der Waals surface area contributed by atoms with Crippen LogP contribution in [-0.4, -0.2) is 18.7 Å². The molecule has 248 valence electrons. The Labute approximate surface area is 309 Å². The van der Waals surface area contributed by atoms with Crippen molar-refractivity contribution in [2.24, 2.45) is 0 Å². The number of fused-ring (bicyclic) bond motifs is 10. The molecule has 0 N–H and O–H groups in total. The first-order valence-corrected chi connectivity index (χ1v) is 18.6. The molecule has 0 aliphatic heterocycles. The third-order valence-electron chi connectivity index (χ3n) is 10.8. The van der Waals surface area contributed by atoms with Crippen molar-refractivity contribution >= 4 is 92.1 Å². The summed E-state index contributed by atoms with van der Waals surface area (Å²) < 4.78 is 9.57. The summed E-state index contributed by atoms with van der Waals surface area (Å²) >= 11 is 1.83. The molecule has 5 aromatic heterocycles. The Hall–Kier alpha value is -6.87. The minimum absolute atomic E-state index is 1.08. The molecule has 11 rings (SSSR count). The summed E-state index contributed by atoms with van der Waals surface area (Å²) in [6.07, 6.45) is 13.6. The maximum Gasteiger partial charge on any atom is 0.0825 e. The average Bonchev–Trinajstić information content (AvgIpc) is 3.93. The van der Waals surface area contributed by atoms with Crippen LogP contribution in [0.3, 0.4) is 0 Å². The van der Waals surface area contributed by atoms with Crippen LogP contribution < -0.4 is 0 Å². The van der Waals surface area contributed by atoms with E-state index in [0.29, 0.717) is 0 Å². The highest BCUT2D eigenvalue weighted by Gasteiger charge is 2.20. The summed E-state index contributed by atoms with van der Waals surface area (Å²) in [4.78, 5) is 4.89. The van der Waals surface area contributed by atoms with Gasteiger partial charge in [-0.15, -0.1) is 17.8 Å². The lowest BCUT2D eigenvalue weighted by Crippen LogP contribution is -1.98. The number of hydrogen-bond acceptors (Lipinski definition) is 2. The molecule has 0 aliphatic rings. The van der Waals surface area contributed by atoms with E-state index < -0.39 is 0 Å². The van der Waals surface area contributed by atoms with Gasteiger partial charge in [-0.3, -0.25) is 4.98 Å². The van der Waals surface area contributed by atoms with Crippen LogP contribution in [0.25, 0.3) is 97.8 Å². The molecule has 0 unspecified atom stereocenters. The monoisotopic (exact) mass is 694 g/mol. The highest BCUT2D eigenvalue weighted by molar-refractivity contribution is 7.26. The van der Waals surface area contributed by atoms with Crippen molar-refractivity contribution in [2.75, 3.05) is 0 Å². The first-order valence-electron chi connectivity index (χ1n) is 17.7. The predicted octanol–water partition coefficient (Wildman–Crippen LogP) is 12.5. The SMILES string of the molecule is C#C/C=C\c1c(C)c2ccccc2n1-c1ccc2c(c1)c1ccccc1n2-c1cncc2c1sc1ccc(-n3c4ccccc4c4ccccc43)cc12. The molecule has 0 amide bonds. The van der Waals surface area contributed by atoms with Gasteiger partial charge in [0, 0.05) is 60.0 Å². The molecule has 0 radical (unpaired) electrons. The fourth-order valence-electron chi connectivity index (χ4n) is 8.55. The Bertz CT molecular complexity index is 3320. The lowest BCUT2D eigenvalue weighted by atomic mass is 10.1. The largest absolute Gasteiger partial charge is 0.310 e. The number of aromatic nitrogens is 4. The Morgan fingerprint density at radius 3 is 1.79 bits per heavy atom. The normalized spacial score (nSPS) is 12.2. The van der Waals surface area contributed by atoms with E-state index in [2.05, 4.69) is 160 Å². The summed E-state index contributed by atoms with van der Waals surface area (Å²) in [6.45, 7) is 2.17. The van der Waals surface area contributed by atoms with Gasteiger partial charge in [0.2, 0.25) is 0 Å². The zero-order valence-electron chi connectivity index (χ0n) is 28.8. The number of thiophene rings is 1. The standard InChI is InChI=1S/C48H30N4S/c1-3-4-17-40-30(2)33-13-5-9-18-41(33)50(40)31-22-24-45-37(26-31)36-16-8-12-21-44(36)52(45)46-29-49-28-39-38-27-32(23-25-47(38)53-48(39)46)51-42-19-10-6-14-34(42)35-15-7-11-20-43(35)51/h1,4-29H,2H3/b17-4-. The Kier molecular flexibility index (Phi) is 6.37. The van der Waals surface area contributed by atoms with Crippen molar-refractivity contribution in [1.29, 1.82) is 0 Å². The minimum Gasteiger partial charge on any atom is -0.310 e. The zero-order chi connectivity index (χ0) is 35.2. The summed E-state index contributed by atoms with van der Waals surface area (Å²) in [5.74, 6) is 2.69.